The van der Waals surface area contributed by atoms with Gasteiger partial charge in [0.05, 0.1) is 30.6 Å². The lowest BCUT2D eigenvalue weighted by Crippen LogP contribution is -2.00. The molecular weight excluding hydrogens is 366 g/mol. The lowest BCUT2D eigenvalue weighted by molar-refractivity contribution is 0.0605. The zero-order valence-electron chi connectivity index (χ0n) is 14.8. The molecule has 8 nitrogen and oxygen atoms in total. The number of aryl methyl sites for hydroxylation is 2. The minimum Gasteiger partial charge on any atom is -0.465 e. The fourth-order valence-corrected chi connectivity index (χ4v) is 3.85. The highest BCUT2D eigenvalue weighted by molar-refractivity contribution is 7.20. The molecule has 0 saturated heterocycles. The van der Waals surface area contributed by atoms with Crippen LogP contribution in [-0.4, -0.2) is 38.0 Å². The number of fused-ring (bicyclic) bond motifs is 1. The number of hydrogen-bond donors (Lipinski definition) is 0. The number of aromatic nitrogens is 5. The first-order valence-corrected chi connectivity index (χ1v) is 8.89. The first kappa shape index (κ1) is 17.1. The predicted octanol–water partition coefficient (Wildman–Crippen LogP) is 3.47. The van der Waals surface area contributed by atoms with Gasteiger partial charge in [-0.3, -0.25) is 0 Å². The molecule has 27 heavy (non-hydrogen) atoms. The summed E-state index contributed by atoms with van der Waals surface area (Å²) in [5.41, 5.74) is 1.55. The van der Waals surface area contributed by atoms with Crippen LogP contribution in [0.4, 0.5) is 0 Å². The number of nitrogens with zero attached hydrogens (tertiary/aromatic N) is 5. The summed E-state index contributed by atoms with van der Waals surface area (Å²) in [7, 11) is 1.36. The van der Waals surface area contributed by atoms with E-state index in [1.165, 1.54) is 18.4 Å². The summed E-state index contributed by atoms with van der Waals surface area (Å²) in [6, 6.07) is 7.42. The summed E-state index contributed by atoms with van der Waals surface area (Å²) in [6.07, 6.45) is 3.35. The van der Waals surface area contributed by atoms with Crippen LogP contribution >= 0.6 is 11.3 Å². The largest absolute Gasteiger partial charge is 0.465 e. The van der Waals surface area contributed by atoms with Crippen molar-refractivity contribution >= 4 is 27.5 Å². The van der Waals surface area contributed by atoms with E-state index in [1.54, 1.807) is 24.0 Å². The highest BCUT2D eigenvalue weighted by Crippen LogP contribution is 2.37. The van der Waals surface area contributed by atoms with E-state index in [9.17, 15) is 4.79 Å². The third-order valence-electron chi connectivity index (χ3n) is 3.96. The third kappa shape index (κ3) is 3.13. The maximum absolute atomic E-state index is 12.0. The Kier molecular flexibility index (Phi) is 4.28. The van der Waals surface area contributed by atoms with E-state index in [1.807, 2.05) is 31.2 Å². The number of benzene rings is 1. The number of hydrogen-bond acceptors (Lipinski definition) is 8. The van der Waals surface area contributed by atoms with Crippen molar-refractivity contribution in [2.24, 2.45) is 0 Å². The molecule has 1 aromatic carbocycles. The van der Waals surface area contributed by atoms with Crippen molar-refractivity contribution in [2.75, 3.05) is 7.11 Å². The first-order chi connectivity index (χ1) is 13.1. The molecule has 0 aliphatic carbocycles. The Morgan fingerprint density at radius 3 is 2.81 bits per heavy atom. The zero-order chi connectivity index (χ0) is 19.0. The van der Waals surface area contributed by atoms with Crippen LogP contribution in [0.2, 0.25) is 0 Å². The van der Waals surface area contributed by atoms with Crippen molar-refractivity contribution in [3.05, 3.63) is 52.9 Å². The van der Waals surface area contributed by atoms with Gasteiger partial charge in [-0.1, -0.05) is 11.3 Å². The van der Waals surface area contributed by atoms with Crippen molar-refractivity contribution in [3.63, 3.8) is 0 Å². The molecule has 0 saturated carbocycles. The molecule has 9 heteroatoms. The molecular formula is C18H15N5O3S. The summed E-state index contributed by atoms with van der Waals surface area (Å²) in [5, 5.41) is 8.50. The summed E-state index contributed by atoms with van der Waals surface area (Å²) in [5.74, 6) is 1.15. The van der Waals surface area contributed by atoms with E-state index in [-0.39, 0.29) is 0 Å². The molecule has 3 heterocycles. The topological polar surface area (TPSA) is 92.0 Å². The van der Waals surface area contributed by atoms with E-state index in [2.05, 4.69) is 20.3 Å². The standard InChI is InChI=1S/C18H15N5O3S/c1-10-14-16(20-11(2)21-17(14)27-15(10)18(24)25-3)26-13-6-4-5-12(9-13)23-8-7-19-22-23/h4-9H,1-3H3. The molecule has 4 rings (SSSR count). The zero-order valence-corrected chi connectivity index (χ0v) is 15.6. The summed E-state index contributed by atoms with van der Waals surface area (Å²) in [6.45, 7) is 3.62. The Morgan fingerprint density at radius 1 is 1.22 bits per heavy atom. The van der Waals surface area contributed by atoms with Crippen LogP contribution < -0.4 is 4.74 Å². The molecule has 0 aliphatic heterocycles. The van der Waals surface area contributed by atoms with Crippen LogP contribution in [0.25, 0.3) is 15.9 Å². The minimum absolute atomic E-state index is 0.396. The lowest BCUT2D eigenvalue weighted by atomic mass is 10.2. The fourth-order valence-electron chi connectivity index (χ4n) is 2.71. The van der Waals surface area contributed by atoms with Gasteiger partial charge in [0.2, 0.25) is 5.88 Å². The molecule has 136 valence electrons. The van der Waals surface area contributed by atoms with E-state index in [0.717, 1.165) is 11.3 Å². The van der Waals surface area contributed by atoms with Crippen molar-refractivity contribution < 1.29 is 14.3 Å². The predicted molar refractivity (Wildman–Crippen MR) is 99.7 cm³/mol. The molecule has 0 spiro atoms. The maximum Gasteiger partial charge on any atom is 0.348 e. The number of thiophene rings is 1. The average Bonchev–Trinajstić information content (AvgIpc) is 3.30. The van der Waals surface area contributed by atoms with Gasteiger partial charge in [0.1, 0.15) is 21.3 Å². The highest BCUT2D eigenvalue weighted by Gasteiger charge is 2.21. The van der Waals surface area contributed by atoms with Gasteiger partial charge < -0.3 is 9.47 Å². The van der Waals surface area contributed by atoms with E-state index in [4.69, 9.17) is 9.47 Å². The van der Waals surface area contributed by atoms with Crippen LogP contribution in [0.1, 0.15) is 21.1 Å². The second-order valence-electron chi connectivity index (χ2n) is 5.75. The van der Waals surface area contributed by atoms with Gasteiger partial charge in [-0.05, 0) is 31.5 Å². The molecule has 0 amide bonds. The van der Waals surface area contributed by atoms with Crippen LogP contribution in [-0.2, 0) is 4.74 Å². The molecule has 0 atom stereocenters. The van der Waals surface area contributed by atoms with Gasteiger partial charge in [0.15, 0.2) is 0 Å². The second kappa shape index (κ2) is 6.76. The number of carbonyl (C=O) groups excluding carboxylic acids is 1. The second-order valence-corrected chi connectivity index (χ2v) is 6.75. The molecule has 0 fully saturated rings. The van der Waals surface area contributed by atoms with Crippen LogP contribution in [0.5, 0.6) is 11.6 Å². The number of rotatable bonds is 4. The van der Waals surface area contributed by atoms with Crippen molar-refractivity contribution in [3.8, 4) is 17.3 Å². The molecule has 4 aromatic rings. The Hall–Kier alpha value is -3.33. The molecule has 0 bridgehead atoms. The fraction of sp³-hybridized carbons (Fsp3) is 0.167. The van der Waals surface area contributed by atoms with Crippen molar-refractivity contribution in [1.82, 2.24) is 25.0 Å². The Balaban J connectivity index is 1.79. The van der Waals surface area contributed by atoms with Gasteiger partial charge in [0.25, 0.3) is 0 Å². The lowest BCUT2D eigenvalue weighted by Gasteiger charge is -2.09. The Labute approximate surface area is 158 Å². The van der Waals surface area contributed by atoms with Gasteiger partial charge in [-0.25, -0.2) is 14.5 Å². The molecule has 0 aliphatic rings. The Bertz CT molecular complexity index is 1140. The van der Waals surface area contributed by atoms with Crippen LogP contribution in [0.3, 0.4) is 0 Å². The monoisotopic (exact) mass is 381 g/mol. The van der Waals surface area contributed by atoms with E-state index < -0.39 is 5.97 Å². The molecule has 0 N–H and O–H groups in total. The molecule has 3 aromatic heterocycles. The van der Waals surface area contributed by atoms with Crippen molar-refractivity contribution in [2.45, 2.75) is 13.8 Å². The summed E-state index contributed by atoms with van der Waals surface area (Å²) < 4.78 is 12.6. The number of esters is 1. The SMILES string of the molecule is COC(=O)c1sc2nc(C)nc(Oc3cccc(-n4ccnn4)c3)c2c1C. The van der Waals surface area contributed by atoms with Gasteiger partial charge in [-0.15, -0.1) is 16.4 Å². The van der Waals surface area contributed by atoms with Gasteiger partial charge in [-0.2, -0.15) is 4.98 Å². The van der Waals surface area contributed by atoms with Crippen LogP contribution in [0.15, 0.2) is 36.7 Å². The highest BCUT2D eigenvalue weighted by atomic mass is 32.1. The summed E-state index contributed by atoms with van der Waals surface area (Å²) >= 11 is 1.27. The summed E-state index contributed by atoms with van der Waals surface area (Å²) in [4.78, 5) is 22.1. The normalized spacial score (nSPS) is 10.9. The molecule has 0 unspecified atom stereocenters. The number of carbonyl (C=O) groups is 1. The average molecular weight is 381 g/mol. The van der Waals surface area contributed by atoms with Gasteiger partial charge in [0, 0.05) is 6.07 Å². The van der Waals surface area contributed by atoms with Gasteiger partial charge >= 0.3 is 5.97 Å². The van der Waals surface area contributed by atoms with Crippen LogP contribution in [0, 0.1) is 13.8 Å². The van der Waals surface area contributed by atoms with E-state index >= 15 is 0 Å². The smallest absolute Gasteiger partial charge is 0.348 e. The molecule has 0 radical (unpaired) electrons. The van der Waals surface area contributed by atoms with Crippen molar-refractivity contribution in [1.29, 1.82) is 0 Å². The minimum atomic E-state index is -0.396. The van der Waals surface area contributed by atoms with E-state index in [0.29, 0.717) is 32.5 Å². The quantitative estimate of drug-likeness (QED) is 0.500. The number of methoxy groups -OCH3 is 1. The maximum atomic E-state index is 12.0. The Morgan fingerprint density at radius 2 is 2.07 bits per heavy atom. The first-order valence-electron chi connectivity index (χ1n) is 8.07. The number of ether oxygens (including phenoxy) is 2. The third-order valence-corrected chi connectivity index (χ3v) is 5.12.